The van der Waals surface area contributed by atoms with Gasteiger partial charge in [0.25, 0.3) is 0 Å². The van der Waals surface area contributed by atoms with E-state index in [1.807, 2.05) is 0 Å². The highest BCUT2D eigenvalue weighted by Gasteiger charge is 2.66. The minimum absolute atomic E-state index is 0.0642. The average Bonchev–Trinajstić information content (AvgIpc) is 3.01. The Hall–Kier alpha value is 0.920. The SMILES string of the molecule is CC(C)CCC[C@@H](C)[C@H]1CC[C@H]2[C@@H]3CC(Br)C4(Br)CC(O)CC[C@]4(C)[C@H]3CC[C@]12C. The van der Waals surface area contributed by atoms with Crippen LogP contribution in [0.1, 0.15) is 105 Å². The number of hydrogen-bond acceptors (Lipinski definition) is 1. The minimum Gasteiger partial charge on any atom is -0.393 e. The molecule has 4 saturated carbocycles. The van der Waals surface area contributed by atoms with Crippen LogP contribution in [0.3, 0.4) is 0 Å². The van der Waals surface area contributed by atoms with Gasteiger partial charge in [-0.3, -0.25) is 0 Å². The Kier molecular flexibility index (Phi) is 6.90. The van der Waals surface area contributed by atoms with Crippen molar-refractivity contribution < 1.29 is 5.11 Å². The van der Waals surface area contributed by atoms with Crippen LogP contribution >= 0.6 is 31.9 Å². The Bertz CT molecular complexity index is 622. The zero-order valence-corrected chi connectivity index (χ0v) is 23.3. The van der Waals surface area contributed by atoms with Gasteiger partial charge in [0.2, 0.25) is 0 Å². The Balaban J connectivity index is 1.53. The molecule has 0 aliphatic heterocycles. The molecule has 0 aromatic rings. The van der Waals surface area contributed by atoms with Crippen molar-refractivity contribution >= 4 is 31.9 Å². The molecule has 174 valence electrons. The second kappa shape index (κ2) is 8.61. The number of alkyl halides is 2. The zero-order valence-electron chi connectivity index (χ0n) is 20.1. The lowest BCUT2D eigenvalue weighted by molar-refractivity contribution is -0.111. The summed E-state index contributed by atoms with van der Waals surface area (Å²) in [5.74, 6) is 5.26. The van der Waals surface area contributed by atoms with E-state index in [0.717, 1.165) is 48.3 Å². The molecule has 1 nitrogen and oxygen atoms in total. The summed E-state index contributed by atoms with van der Waals surface area (Å²) in [6, 6.07) is 0. The first-order valence-electron chi connectivity index (χ1n) is 13.0. The molecule has 30 heavy (non-hydrogen) atoms. The molecule has 4 rings (SSSR count). The summed E-state index contributed by atoms with van der Waals surface area (Å²) in [6.45, 7) is 12.6. The van der Waals surface area contributed by atoms with Crippen LogP contribution in [-0.2, 0) is 0 Å². The third kappa shape index (κ3) is 3.71. The van der Waals surface area contributed by atoms with Gasteiger partial charge >= 0.3 is 0 Å². The van der Waals surface area contributed by atoms with E-state index < -0.39 is 0 Å². The Morgan fingerprint density at radius 1 is 0.967 bits per heavy atom. The monoisotopic (exact) mass is 544 g/mol. The minimum atomic E-state index is -0.134. The fourth-order valence-electron chi connectivity index (χ4n) is 9.19. The molecule has 1 N–H and O–H groups in total. The van der Waals surface area contributed by atoms with Gasteiger partial charge in [-0.15, -0.1) is 0 Å². The fraction of sp³-hybridized carbons (Fsp3) is 1.00. The molecule has 10 atom stereocenters. The van der Waals surface area contributed by atoms with Crippen LogP contribution in [-0.4, -0.2) is 20.4 Å². The zero-order chi connectivity index (χ0) is 21.9. The predicted molar refractivity (Wildman–Crippen MR) is 135 cm³/mol. The van der Waals surface area contributed by atoms with Gasteiger partial charge in [-0.1, -0.05) is 85.7 Å². The Labute approximate surface area is 203 Å². The molecule has 0 saturated heterocycles. The van der Waals surface area contributed by atoms with E-state index in [2.05, 4.69) is 66.5 Å². The molecule has 0 amide bonds. The standard InChI is InChI=1S/C27H46Br2O/c1-17(2)7-6-8-18(3)21-9-10-22-20-15-24(28)27(29)16-19(30)11-14-26(27,5)23(20)12-13-25(21,22)4/h17-24,30H,6-16H2,1-5H3/t18-,19?,20+,21-,22+,23+,24?,25-,26-,27?/m1/s1. The number of halogens is 2. The van der Waals surface area contributed by atoms with Gasteiger partial charge in [-0.2, -0.15) is 0 Å². The van der Waals surface area contributed by atoms with Crippen molar-refractivity contribution in [3.63, 3.8) is 0 Å². The molecule has 0 radical (unpaired) electrons. The summed E-state index contributed by atoms with van der Waals surface area (Å²) in [5.41, 5.74) is 0.869. The third-order valence-corrected chi connectivity index (χ3v) is 14.5. The smallest absolute Gasteiger partial charge is 0.0554 e. The van der Waals surface area contributed by atoms with Crippen molar-refractivity contribution in [3.8, 4) is 0 Å². The lowest BCUT2D eigenvalue weighted by atomic mass is 9.44. The van der Waals surface area contributed by atoms with Gasteiger partial charge in [0.05, 0.1) is 6.10 Å². The third-order valence-electron chi connectivity index (χ3n) is 10.9. The first-order chi connectivity index (χ1) is 14.0. The normalized spacial score (nSPS) is 51.9. The van der Waals surface area contributed by atoms with Gasteiger partial charge in [0.1, 0.15) is 0 Å². The van der Waals surface area contributed by atoms with Gasteiger partial charge in [0.15, 0.2) is 0 Å². The lowest BCUT2D eigenvalue weighted by Gasteiger charge is -2.65. The highest BCUT2D eigenvalue weighted by Crippen LogP contribution is 2.71. The molecule has 3 unspecified atom stereocenters. The molecule has 0 aromatic heterocycles. The Morgan fingerprint density at radius 3 is 2.40 bits per heavy atom. The van der Waals surface area contributed by atoms with E-state index in [9.17, 15) is 5.11 Å². The van der Waals surface area contributed by atoms with Crippen molar-refractivity contribution in [1.82, 2.24) is 0 Å². The summed E-state index contributed by atoms with van der Waals surface area (Å²) >= 11 is 8.41. The second-order valence-corrected chi connectivity index (χ2v) is 15.3. The largest absolute Gasteiger partial charge is 0.393 e. The second-order valence-electron chi connectivity index (χ2n) is 12.8. The van der Waals surface area contributed by atoms with Crippen LogP contribution in [0.25, 0.3) is 0 Å². The molecule has 4 aliphatic carbocycles. The van der Waals surface area contributed by atoms with Crippen LogP contribution < -0.4 is 0 Å². The van der Waals surface area contributed by atoms with Crippen molar-refractivity contribution in [1.29, 1.82) is 0 Å². The maximum absolute atomic E-state index is 10.5. The van der Waals surface area contributed by atoms with E-state index in [1.54, 1.807) is 0 Å². The van der Waals surface area contributed by atoms with E-state index >= 15 is 0 Å². The summed E-state index contributed by atoms with van der Waals surface area (Å²) in [5, 5.41) is 10.5. The molecule has 4 aliphatic rings. The maximum atomic E-state index is 10.5. The van der Waals surface area contributed by atoms with E-state index in [0.29, 0.717) is 15.7 Å². The van der Waals surface area contributed by atoms with Gasteiger partial charge in [0, 0.05) is 9.15 Å². The number of hydrogen-bond donors (Lipinski definition) is 1. The molecule has 0 bridgehead atoms. The number of fused-ring (bicyclic) bond motifs is 5. The van der Waals surface area contributed by atoms with Crippen LogP contribution in [0.4, 0.5) is 0 Å². The van der Waals surface area contributed by atoms with Crippen LogP contribution in [0.5, 0.6) is 0 Å². The average molecular weight is 546 g/mol. The summed E-state index contributed by atoms with van der Waals surface area (Å²) < 4.78 is 0.0642. The number of rotatable bonds is 5. The Morgan fingerprint density at radius 2 is 1.70 bits per heavy atom. The van der Waals surface area contributed by atoms with Gasteiger partial charge < -0.3 is 5.11 Å². The topological polar surface area (TPSA) is 20.2 Å². The molecule has 0 heterocycles. The molecule has 3 heteroatoms. The lowest BCUT2D eigenvalue weighted by Crippen LogP contribution is -2.64. The summed E-state index contributed by atoms with van der Waals surface area (Å²) in [6.07, 6.45) is 14.3. The van der Waals surface area contributed by atoms with E-state index in [-0.39, 0.29) is 10.4 Å². The highest BCUT2D eigenvalue weighted by molar-refractivity contribution is 9.12. The van der Waals surface area contributed by atoms with Gasteiger partial charge in [-0.05, 0) is 97.7 Å². The van der Waals surface area contributed by atoms with Crippen molar-refractivity contribution in [2.75, 3.05) is 0 Å². The predicted octanol–water partition coefficient (Wildman–Crippen LogP) is 8.36. The fourth-order valence-corrected chi connectivity index (χ4v) is 11.4. The molecular formula is C27H46Br2O. The highest BCUT2D eigenvalue weighted by atomic mass is 79.9. The molecular weight excluding hydrogens is 500 g/mol. The maximum Gasteiger partial charge on any atom is 0.0554 e. The number of aliphatic hydroxyl groups excluding tert-OH is 1. The van der Waals surface area contributed by atoms with Crippen LogP contribution in [0, 0.1) is 46.3 Å². The quantitative estimate of drug-likeness (QED) is 0.344. The van der Waals surface area contributed by atoms with E-state index in [4.69, 9.17) is 0 Å². The molecule has 0 aromatic carbocycles. The van der Waals surface area contributed by atoms with Crippen LogP contribution in [0.2, 0.25) is 0 Å². The van der Waals surface area contributed by atoms with Crippen molar-refractivity contribution in [3.05, 3.63) is 0 Å². The van der Waals surface area contributed by atoms with Crippen LogP contribution in [0.15, 0.2) is 0 Å². The first kappa shape index (κ1) is 24.1. The van der Waals surface area contributed by atoms with Gasteiger partial charge in [-0.25, -0.2) is 0 Å². The molecule has 4 fully saturated rings. The number of aliphatic hydroxyl groups is 1. The summed E-state index contributed by atoms with van der Waals surface area (Å²) in [4.78, 5) is 0.482. The van der Waals surface area contributed by atoms with Crippen molar-refractivity contribution in [2.45, 2.75) is 121 Å². The molecule has 0 spiro atoms. The van der Waals surface area contributed by atoms with E-state index in [1.165, 1.54) is 57.8 Å². The van der Waals surface area contributed by atoms with Crippen molar-refractivity contribution in [2.24, 2.45) is 46.3 Å². The summed E-state index contributed by atoms with van der Waals surface area (Å²) in [7, 11) is 0. The first-order valence-corrected chi connectivity index (χ1v) is 14.7.